The molecule has 0 saturated heterocycles. The number of fused-ring (bicyclic) bond motifs is 2. The van der Waals surface area contributed by atoms with Gasteiger partial charge >= 0.3 is 0 Å². The third-order valence-electron chi connectivity index (χ3n) is 6.03. The maximum Gasteiger partial charge on any atom is 0.240 e. The molecule has 4 aliphatic carbocycles. The maximum absolute atomic E-state index is 11.8. The second-order valence-corrected chi connectivity index (χ2v) is 7.76. The summed E-state index contributed by atoms with van der Waals surface area (Å²) in [5.74, 6) is 2.19. The Morgan fingerprint density at radius 1 is 0.846 bits per heavy atom. The highest BCUT2D eigenvalue weighted by atomic mass is 16.2. The van der Waals surface area contributed by atoms with E-state index in [1.807, 2.05) is 0 Å². The molecule has 0 spiro atoms. The summed E-state index contributed by atoms with van der Waals surface area (Å²) >= 11 is 0. The monoisotopic (exact) mass is 354 g/mol. The molecule has 2 fully saturated rings. The number of hydrogen-bond acceptors (Lipinski definition) is 4. The van der Waals surface area contributed by atoms with Crippen LogP contribution in [0, 0.1) is 23.7 Å². The van der Waals surface area contributed by atoms with Crippen molar-refractivity contribution in [1.29, 1.82) is 0 Å². The van der Waals surface area contributed by atoms with E-state index < -0.39 is 0 Å². The molecule has 4 aliphatic rings. The highest BCUT2D eigenvalue weighted by Crippen LogP contribution is 2.40. The molecule has 4 rings (SSSR count). The second-order valence-electron chi connectivity index (χ2n) is 7.76. The summed E-state index contributed by atoms with van der Waals surface area (Å²) in [6.45, 7) is 0. The Labute approximate surface area is 153 Å². The van der Waals surface area contributed by atoms with Crippen molar-refractivity contribution >= 4 is 23.2 Å². The van der Waals surface area contributed by atoms with Crippen LogP contribution < -0.4 is 10.9 Å². The maximum atomic E-state index is 11.8. The highest BCUT2D eigenvalue weighted by Gasteiger charge is 2.38. The Morgan fingerprint density at radius 2 is 1.31 bits per heavy atom. The molecule has 2 amide bonds. The minimum absolute atomic E-state index is 0.0678. The molecule has 0 aromatic heterocycles. The fraction of sp³-hybridized carbons (Fsp3) is 0.600. The van der Waals surface area contributed by atoms with Crippen LogP contribution in [0.15, 0.2) is 34.5 Å². The molecule has 0 unspecified atom stereocenters. The molecule has 6 heteroatoms. The van der Waals surface area contributed by atoms with Crippen LogP contribution in [0.3, 0.4) is 0 Å². The van der Waals surface area contributed by atoms with Crippen LogP contribution in [0.2, 0.25) is 0 Å². The van der Waals surface area contributed by atoms with Crippen LogP contribution in [-0.2, 0) is 9.59 Å². The summed E-state index contributed by atoms with van der Waals surface area (Å²) in [5.41, 5.74) is 7.54. The lowest BCUT2D eigenvalue weighted by Crippen LogP contribution is -2.35. The van der Waals surface area contributed by atoms with Gasteiger partial charge in [-0.1, -0.05) is 24.3 Å². The summed E-state index contributed by atoms with van der Waals surface area (Å²) in [4.78, 5) is 23.7. The molecule has 0 aliphatic heterocycles. The molecule has 138 valence electrons. The summed E-state index contributed by atoms with van der Waals surface area (Å²) in [6, 6.07) is 0. The van der Waals surface area contributed by atoms with Gasteiger partial charge in [0.1, 0.15) is 0 Å². The molecule has 6 nitrogen and oxygen atoms in total. The first kappa shape index (κ1) is 17.2. The van der Waals surface area contributed by atoms with Gasteiger partial charge in [-0.3, -0.25) is 9.59 Å². The Hall–Kier alpha value is -2.24. The van der Waals surface area contributed by atoms with Crippen molar-refractivity contribution in [3.05, 3.63) is 24.3 Å². The number of allylic oxidation sites excluding steroid dienone is 4. The minimum atomic E-state index is -0.0678. The largest absolute Gasteiger partial charge is 0.273 e. The molecule has 2 saturated carbocycles. The number of carbonyl (C=O) groups is 2. The highest BCUT2D eigenvalue weighted by molar-refractivity contribution is 5.95. The van der Waals surface area contributed by atoms with Crippen LogP contribution in [0.25, 0.3) is 0 Å². The van der Waals surface area contributed by atoms with Crippen molar-refractivity contribution in [1.82, 2.24) is 10.9 Å². The van der Waals surface area contributed by atoms with E-state index in [0.29, 0.717) is 49.4 Å². The number of rotatable bonds is 7. The smallest absolute Gasteiger partial charge is 0.240 e. The van der Waals surface area contributed by atoms with E-state index in [-0.39, 0.29) is 11.8 Å². The van der Waals surface area contributed by atoms with Gasteiger partial charge in [-0.15, -0.1) is 0 Å². The van der Waals surface area contributed by atoms with Gasteiger partial charge in [-0.25, -0.2) is 10.9 Å². The number of nitrogens with one attached hydrogen (secondary N) is 2. The van der Waals surface area contributed by atoms with Gasteiger partial charge in [0.25, 0.3) is 0 Å². The van der Waals surface area contributed by atoms with Gasteiger partial charge in [-0.2, -0.15) is 10.2 Å². The Balaban J connectivity index is 1.06. The molecule has 0 aromatic rings. The lowest BCUT2D eigenvalue weighted by molar-refractivity contribution is -0.123. The average molecular weight is 354 g/mol. The number of amides is 2. The van der Waals surface area contributed by atoms with Crippen LogP contribution in [0.4, 0.5) is 0 Å². The number of nitrogens with zero attached hydrogens (tertiary/aromatic N) is 2. The number of hydrazone groups is 2. The van der Waals surface area contributed by atoms with Gasteiger partial charge in [0, 0.05) is 36.1 Å². The Bertz CT molecular complexity index is 647. The molecule has 0 bridgehead atoms. The standard InChI is InChI=1S/C20H26N4O2/c25-19(23-21-17-11-13-5-3-7-15(13)17)9-1-2-10-20(26)24-22-18-12-14-6-4-8-16(14)18/h3-6,13-16H,1-2,7-12H2,(H,23,25)(H,24,26)/b21-17-,22-18+/t13-,14-,15-,16-/m0/s1. The first-order valence-corrected chi connectivity index (χ1v) is 9.74. The normalized spacial score (nSPS) is 33.5. The third-order valence-corrected chi connectivity index (χ3v) is 6.03. The molecule has 2 N–H and O–H groups in total. The van der Waals surface area contributed by atoms with Gasteiger partial charge in [0.2, 0.25) is 11.8 Å². The third kappa shape index (κ3) is 3.64. The summed E-state index contributed by atoms with van der Waals surface area (Å²) in [6.07, 6.45) is 15.1. The van der Waals surface area contributed by atoms with Gasteiger partial charge < -0.3 is 0 Å². The lowest BCUT2D eigenvalue weighted by Gasteiger charge is -2.31. The van der Waals surface area contributed by atoms with E-state index >= 15 is 0 Å². The fourth-order valence-electron chi connectivity index (χ4n) is 4.28. The first-order valence-electron chi connectivity index (χ1n) is 9.74. The molecular formula is C20H26N4O2. The van der Waals surface area contributed by atoms with E-state index in [4.69, 9.17) is 0 Å². The zero-order valence-corrected chi connectivity index (χ0v) is 15.0. The van der Waals surface area contributed by atoms with Gasteiger partial charge in [0.05, 0.1) is 0 Å². The van der Waals surface area contributed by atoms with Crippen LogP contribution in [-0.4, -0.2) is 23.2 Å². The fourth-order valence-corrected chi connectivity index (χ4v) is 4.28. The predicted molar refractivity (Wildman–Crippen MR) is 100 cm³/mol. The average Bonchev–Trinajstić information content (AvgIpc) is 3.15. The van der Waals surface area contributed by atoms with E-state index in [0.717, 1.165) is 37.1 Å². The minimum Gasteiger partial charge on any atom is -0.273 e. The summed E-state index contributed by atoms with van der Waals surface area (Å²) in [7, 11) is 0. The molecular weight excluding hydrogens is 328 g/mol. The molecule has 0 radical (unpaired) electrons. The topological polar surface area (TPSA) is 82.9 Å². The quantitative estimate of drug-likeness (QED) is 0.419. The van der Waals surface area contributed by atoms with Crippen LogP contribution >= 0.6 is 0 Å². The second kappa shape index (κ2) is 7.56. The van der Waals surface area contributed by atoms with Crippen molar-refractivity contribution in [2.75, 3.05) is 0 Å². The first-order chi connectivity index (χ1) is 12.7. The zero-order valence-electron chi connectivity index (χ0n) is 15.0. The Morgan fingerprint density at radius 3 is 1.73 bits per heavy atom. The SMILES string of the molecule is O=C(CCCCC(=O)N/N=C1\C[C@@H]2C=CC[C@H]12)N/N=C1/C[C@@H]2C=CC[C@H]12. The number of carbonyl (C=O) groups excluding carboxylic acids is 2. The summed E-state index contributed by atoms with van der Waals surface area (Å²) in [5, 5.41) is 8.50. The summed E-state index contributed by atoms with van der Waals surface area (Å²) < 4.78 is 0. The van der Waals surface area contributed by atoms with Gasteiger partial charge in [-0.05, 0) is 50.4 Å². The van der Waals surface area contributed by atoms with E-state index in [9.17, 15) is 9.59 Å². The lowest BCUT2D eigenvalue weighted by atomic mass is 9.74. The molecule has 0 aromatic carbocycles. The van der Waals surface area contributed by atoms with Crippen molar-refractivity contribution < 1.29 is 9.59 Å². The Kier molecular flexibility index (Phi) is 5.00. The van der Waals surface area contributed by atoms with E-state index in [2.05, 4.69) is 45.4 Å². The van der Waals surface area contributed by atoms with Crippen molar-refractivity contribution in [3.63, 3.8) is 0 Å². The van der Waals surface area contributed by atoms with Crippen molar-refractivity contribution in [2.45, 2.75) is 51.4 Å². The molecule has 26 heavy (non-hydrogen) atoms. The van der Waals surface area contributed by atoms with Gasteiger partial charge in [0.15, 0.2) is 0 Å². The van der Waals surface area contributed by atoms with Crippen LogP contribution in [0.1, 0.15) is 51.4 Å². The van der Waals surface area contributed by atoms with E-state index in [1.54, 1.807) is 0 Å². The zero-order chi connectivity index (χ0) is 17.9. The van der Waals surface area contributed by atoms with E-state index in [1.165, 1.54) is 0 Å². The molecule has 0 heterocycles. The van der Waals surface area contributed by atoms with Crippen molar-refractivity contribution in [3.8, 4) is 0 Å². The molecule has 4 atom stereocenters. The number of unbranched alkanes of at least 4 members (excludes halogenated alkanes) is 1. The predicted octanol–water partition coefficient (Wildman–Crippen LogP) is 2.68. The van der Waals surface area contributed by atoms with Crippen LogP contribution in [0.5, 0.6) is 0 Å². The number of hydrogen-bond donors (Lipinski definition) is 2. The van der Waals surface area contributed by atoms with Crippen molar-refractivity contribution in [2.24, 2.45) is 33.9 Å².